The van der Waals surface area contributed by atoms with Crippen LogP contribution in [-0.2, 0) is 29.4 Å². The minimum absolute atomic E-state index is 0.185. The van der Waals surface area contributed by atoms with E-state index in [0.29, 0.717) is 32.5 Å². The van der Waals surface area contributed by atoms with Crippen LogP contribution in [0.15, 0.2) is 41.5 Å². The summed E-state index contributed by atoms with van der Waals surface area (Å²) in [6, 6.07) is 10.5. The van der Waals surface area contributed by atoms with Crippen LogP contribution in [-0.4, -0.2) is 34.6 Å². The van der Waals surface area contributed by atoms with E-state index < -0.39 is 8.80 Å². The second-order valence-electron chi connectivity index (χ2n) is 6.83. The van der Waals surface area contributed by atoms with Crippen molar-refractivity contribution in [2.45, 2.75) is 65.5 Å². The van der Waals surface area contributed by atoms with Gasteiger partial charge in [-0.15, -0.1) is 0 Å². The summed E-state index contributed by atoms with van der Waals surface area (Å²) in [5, 5.41) is 0. The van der Waals surface area contributed by atoms with Gasteiger partial charge in [0.2, 0.25) is 0 Å². The molecule has 0 fully saturated rings. The Hall–Kier alpha value is -1.47. The molecule has 0 amide bonds. The number of carbonyl (C=O) groups is 1. The van der Waals surface area contributed by atoms with Gasteiger partial charge in [0.15, 0.2) is 0 Å². The molecule has 28 heavy (non-hydrogen) atoms. The fraction of sp³-hybridized carbons (Fsp3) is 0.591. The van der Waals surface area contributed by atoms with E-state index >= 15 is 0 Å². The maximum atomic E-state index is 12.7. The molecule has 0 spiro atoms. The third kappa shape index (κ3) is 6.85. The molecular formula is C22H34O5Si. The molecule has 0 saturated heterocycles. The first-order valence-electron chi connectivity index (χ1n) is 10.5. The average Bonchev–Trinajstić information content (AvgIpc) is 2.72. The van der Waals surface area contributed by atoms with Crippen LogP contribution in [0.1, 0.15) is 58.4 Å². The minimum Gasteiger partial charge on any atom is -0.457 e. The molecule has 1 aliphatic rings. The number of benzene rings is 1. The zero-order valence-corrected chi connectivity index (χ0v) is 18.5. The van der Waals surface area contributed by atoms with Crippen LogP contribution in [0.5, 0.6) is 0 Å². The monoisotopic (exact) mass is 406 g/mol. The molecule has 0 atom stereocenters. The topological polar surface area (TPSA) is 54.0 Å². The van der Waals surface area contributed by atoms with Crippen molar-refractivity contribution in [2.24, 2.45) is 0 Å². The maximum absolute atomic E-state index is 12.7. The van der Waals surface area contributed by atoms with Gasteiger partial charge in [-0.05, 0) is 58.4 Å². The van der Waals surface area contributed by atoms with E-state index in [1.165, 1.54) is 5.57 Å². The molecule has 156 valence electrons. The van der Waals surface area contributed by atoms with Gasteiger partial charge in [-0.3, -0.25) is 0 Å². The Morgan fingerprint density at radius 2 is 1.54 bits per heavy atom. The van der Waals surface area contributed by atoms with Crippen LogP contribution in [0, 0.1) is 0 Å². The standard InChI is InChI=1S/C22H34O5Si/c1-4-25-28(26-5-2,27-6-3)17-16-20-14-10-11-15-21(20)22(23)24-18-19-12-8-7-9-13-19/h7-9,12-13H,4-6,10-11,14-18H2,1-3H3. The summed E-state index contributed by atoms with van der Waals surface area (Å²) in [6.07, 6.45) is 4.63. The molecule has 2 rings (SSSR count). The van der Waals surface area contributed by atoms with Gasteiger partial charge >= 0.3 is 14.8 Å². The largest absolute Gasteiger partial charge is 0.501 e. The Bertz CT molecular complexity index is 612. The lowest BCUT2D eigenvalue weighted by Crippen LogP contribution is -2.46. The van der Waals surface area contributed by atoms with Gasteiger partial charge in [0.1, 0.15) is 6.61 Å². The van der Waals surface area contributed by atoms with Crippen molar-refractivity contribution in [3.05, 3.63) is 47.0 Å². The van der Waals surface area contributed by atoms with Gasteiger partial charge in [-0.2, -0.15) is 0 Å². The summed E-state index contributed by atoms with van der Waals surface area (Å²) < 4.78 is 23.5. The Labute approximate surface area is 170 Å². The highest BCUT2D eigenvalue weighted by atomic mass is 28.4. The second-order valence-corrected chi connectivity index (χ2v) is 9.57. The highest BCUT2D eigenvalue weighted by Crippen LogP contribution is 2.32. The Balaban J connectivity index is 2.06. The van der Waals surface area contributed by atoms with E-state index in [4.69, 9.17) is 18.0 Å². The second kappa shape index (κ2) is 12.2. The normalized spacial score (nSPS) is 15.0. The Kier molecular flexibility index (Phi) is 9.91. The van der Waals surface area contributed by atoms with E-state index in [9.17, 15) is 4.79 Å². The Morgan fingerprint density at radius 3 is 2.14 bits per heavy atom. The zero-order valence-electron chi connectivity index (χ0n) is 17.5. The smallest absolute Gasteiger partial charge is 0.457 e. The van der Waals surface area contributed by atoms with Crippen LogP contribution in [0.25, 0.3) is 0 Å². The minimum atomic E-state index is -2.70. The van der Waals surface area contributed by atoms with Crippen molar-refractivity contribution in [1.82, 2.24) is 0 Å². The van der Waals surface area contributed by atoms with Crippen LogP contribution in [0.3, 0.4) is 0 Å². The zero-order chi connectivity index (χ0) is 20.2. The molecule has 0 aromatic heterocycles. The predicted octanol–water partition coefficient (Wildman–Crippen LogP) is 5.04. The van der Waals surface area contributed by atoms with E-state index in [-0.39, 0.29) is 5.97 Å². The lowest BCUT2D eigenvalue weighted by molar-refractivity contribution is -0.140. The number of esters is 1. The molecule has 6 heteroatoms. The summed E-state index contributed by atoms with van der Waals surface area (Å²) in [4.78, 5) is 12.7. The average molecular weight is 407 g/mol. The first kappa shape index (κ1) is 22.8. The van der Waals surface area contributed by atoms with E-state index in [1.807, 2.05) is 51.1 Å². The number of carbonyl (C=O) groups excluding carboxylic acids is 1. The first-order valence-corrected chi connectivity index (χ1v) is 12.4. The summed E-state index contributed by atoms with van der Waals surface area (Å²) >= 11 is 0. The summed E-state index contributed by atoms with van der Waals surface area (Å²) in [5.41, 5.74) is 3.03. The lowest BCUT2D eigenvalue weighted by Gasteiger charge is -2.29. The summed E-state index contributed by atoms with van der Waals surface area (Å²) in [6.45, 7) is 7.90. The number of allylic oxidation sites excluding steroid dienone is 1. The number of hydrogen-bond donors (Lipinski definition) is 0. The molecule has 0 N–H and O–H groups in total. The lowest BCUT2D eigenvalue weighted by atomic mass is 9.90. The SMILES string of the molecule is CCO[Si](CCC1=C(C(=O)OCc2ccccc2)CCCC1)(OCC)OCC. The van der Waals surface area contributed by atoms with Gasteiger partial charge in [0, 0.05) is 31.4 Å². The molecule has 0 radical (unpaired) electrons. The quantitative estimate of drug-likeness (QED) is 0.360. The number of hydrogen-bond acceptors (Lipinski definition) is 5. The molecule has 1 aromatic carbocycles. The molecule has 0 saturated carbocycles. The molecule has 1 aliphatic carbocycles. The van der Waals surface area contributed by atoms with Crippen molar-refractivity contribution in [2.75, 3.05) is 19.8 Å². The van der Waals surface area contributed by atoms with Gasteiger partial charge in [0.25, 0.3) is 0 Å². The van der Waals surface area contributed by atoms with Gasteiger partial charge in [0.05, 0.1) is 0 Å². The molecule has 0 heterocycles. The van der Waals surface area contributed by atoms with E-state index in [1.54, 1.807) is 0 Å². The van der Waals surface area contributed by atoms with Crippen LogP contribution in [0.2, 0.25) is 6.04 Å². The highest BCUT2D eigenvalue weighted by Gasteiger charge is 2.40. The van der Waals surface area contributed by atoms with Crippen molar-refractivity contribution >= 4 is 14.8 Å². The van der Waals surface area contributed by atoms with Crippen LogP contribution in [0.4, 0.5) is 0 Å². The van der Waals surface area contributed by atoms with Crippen molar-refractivity contribution in [3.63, 3.8) is 0 Å². The summed E-state index contributed by atoms with van der Waals surface area (Å²) in [5.74, 6) is -0.185. The first-order chi connectivity index (χ1) is 13.6. The fourth-order valence-corrected chi connectivity index (χ4v) is 6.22. The maximum Gasteiger partial charge on any atom is 0.501 e. The predicted molar refractivity (Wildman–Crippen MR) is 112 cm³/mol. The van der Waals surface area contributed by atoms with Crippen LogP contribution >= 0.6 is 0 Å². The number of rotatable bonds is 12. The highest BCUT2D eigenvalue weighted by molar-refractivity contribution is 6.60. The van der Waals surface area contributed by atoms with Crippen LogP contribution < -0.4 is 0 Å². The van der Waals surface area contributed by atoms with Crippen molar-refractivity contribution in [3.8, 4) is 0 Å². The van der Waals surface area contributed by atoms with Crippen molar-refractivity contribution < 1.29 is 22.8 Å². The van der Waals surface area contributed by atoms with Crippen molar-refractivity contribution in [1.29, 1.82) is 0 Å². The van der Waals surface area contributed by atoms with Gasteiger partial charge < -0.3 is 18.0 Å². The molecule has 0 unspecified atom stereocenters. The third-order valence-corrected chi connectivity index (χ3v) is 7.91. The van der Waals surface area contributed by atoms with Gasteiger partial charge in [-0.1, -0.05) is 35.9 Å². The number of ether oxygens (including phenoxy) is 1. The summed E-state index contributed by atoms with van der Waals surface area (Å²) in [7, 11) is -2.70. The molecule has 5 nitrogen and oxygen atoms in total. The fourth-order valence-electron chi connectivity index (χ4n) is 3.61. The molecular weight excluding hydrogens is 372 g/mol. The third-order valence-electron chi connectivity index (χ3n) is 4.87. The van der Waals surface area contributed by atoms with E-state index in [2.05, 4.69) is 0 Å². The van der Waals surface area contributed by atoms with Gasteiger partial charge in [-0.25, -0.2) is 4.79 Å². The molecule has 0 aliphatic heterocycles. The molecule has 0 bridgehead atoms. The molecule has 1 aromatic rings. The van der Waals surface area contributed by atoms with E-state index in [0.717, 1.165) is 43.2 Å². The Morgan fingerprint density at radius 1 is 0.929 bits per heavy atom.